The molecule has 0 aliphatic heterocycles. The third-order valence-electron chi connectivity index (χ3n) is 3.74. The lowest BCUT2D eigenvalue weighted by Crippen LogP contribution is -2.31. The number of fused-ring (bicyclic) bond motifs is 1. The number of urea groups is 1. The van der Waals surface area contributed by atoms with Gasteiger partial charge in [0.1, 0.15) is 5.82 Å². The van der Waals surface area contributed by atoms with E-state index in [1.807, 2.05) is 49.4 Å². The van der Waals surface area contributed by atoms with Gasteiger partial charge < -0.3 is 10.6 Å². The number of carbonyl (C=O) groups is 1. The fraction of sp³-hybridized carbons (Fsp3) is 0.105. The van der Waals surface area contributed by atoms with Crippen LogP contribution in [0.4, 0.5) is 14.9 Å². The van der Waals surface area contributed by atoms with Crippen LogP contribution < -0.4 is 10.6 Å². The summed E-state index contributed by atoms with van der Waals surface area (Å²) in [6, 6.07) is 19.3. The van der Waals surface area contributed by atoms with Crippen molar-refractivity contribution in [3.8, 4) is 0 Å². The molecule has 3 nitrogen and oxygen atoms in total. The molecule has 0 spiro atoms. The highest BCUT2D eigenvalue weighted by molar-refractivity contribution is 5.91. The quantitative estimate of drug-likeness (QED) is 0.712. The Morgan fingerprint density at radius 2 is 1.65 bits per heavy atom. The number of anilines is 1. The lowest BCUT2D eigenvalue weighted by molar-refractivity contribution is 0.249. The van der Waals surface area contributed by atoms with E-state index in [0.29, 0.717) is 5.69 Å². The highest BCUT2D eigenvalue weighted by atomic mass is 19.1. The van der Waals surface area contributed by atoms with Crippen LogP contribution in [0.5, 0.6) is 0 Å². The van der Waals surface area contributed by atoms with Crippen molar-refractivity contribution < 1.29 is 9.18 Å². The fourth-order valence-corrected chi connectivity index (χ4v) is 2.60. The van der Waals surface area contributed by atoms with Crippen LogP contribution in [-0.2, 0) is 0 Å². The molecular weight excluding hydrogens is 291 g/mol. The molecule has 0 aliphatic rings. The molecule has 0 radical (unpaired) electrons. The molecule has 0 unspecified atom stereocenters. The summed E-state index contributed by atoms with van der Waals surface area (Å²) in [5.74, 6) is -0.333. The molecule has 3 rings (SSSR count). The molecule has 0 aliphatic carbocycles. The van der Waals surface area contributed by atoms with Crippen molar-refractivity contribution >= 4 is 22.5 Å². The summed E-state index contributed by atoms with van der Waals surface area (Å²) in [5, 5.41) is 7.86. The largest absolute Gasteiger partial charge is 0.331 e. The summed E-state index contributed by atoms with van der Waals surface area (Å²) >= 11 is 0. The maximum Gasteiger partial charge on any atom is 0.319 e. The van der Waals surface area contributed by atoms with Gasteiger partial charge in [0, 0.05) is 5.69 Å². The number of nitrogens with one attached hydrogen (secondary N) is 2. The Balaban J connectivity index is 1.74. The second-order valence-electron chi connectivity index (χ2n) is 5.40. The first-order valence-electron chi connectivity index (χ1n) is 7.44. The average Bonchev–Trinajstić information content (AvgIpc) is 2.56. The molecule has 0 aromatic heterocycles. The minimum absolute atomic E-state index is 0.151. The van der Waals surface area contributed by atoms with E-state index in [9.17, 15) is 9.18 Å². The average molecular weight is 308 g/mol. The molecule has 3 aromatic rings. The van der Waals surface area contributed by atoms with E-state index in [1.165, 1.54) is 24.3 Å². The fourth-order valence-electron chi connectivity index (χ4n) is 2.60. The molecule has 3 aromatic carbocycles. The van der Waals surface area contributed by atoms with Crippen LogP contribution in [0.2, 0.25) is 0 Å². The van der Waals surface area contributed by atoms with Crippen molar-refractivity contribution in [3.63, 3.8) is 0 Å². The lowest BCUT2D eigenvalue weighted by Gasteiger charge is -2.17. The van der Waals surface area contributed by atoms with Crippen LogP contribution in [-0.4, -0.2) is 6.03 Å². The van der Waals surface area contributed by atoms with Crippen LogP contribution in [0, 0.1) is 5.82 Å². The van der Waals surface area contributed by atoms with Gasteiger partial charge in [0.15, 0.2) is 0 Å². The van der Waals surface area contributed by atoms with Gasteiger partial charge in [-0.25, -0.2) is 9.18 Å². The highest BCUT2D eigenvalue weighted by Crippen LogP contribution is 2.24. The van der Waals surface area contributed by atoms with Gasteiger partial charge in [-0.15, -0.1) is 0 Å². The first-order chi connectivity index (χ1) is 11.1. The highest BCUT2D eigenvalue weighted by Gasteiger charge is 2.12. The molecule has 2 N–H and O–H groups in total. The zero-order valence-electron chi connectivity index (χ0n) is 12.7. The van der Waals surface area contributed by atoms with Gasteiger partial charge in [-0.2, -0.15) is 0 Å². The Kier molecular flexibility index (Phi) is 4.24. The van der Waals surface area contributed by atoms with Crippen LogP contribution in [0.1, 0.15) is 18.5 Å². The number of halogens is 1. The number of amides is 2. The Hall–Kier alpha value is -2.88. The van der Waals surface area contributed by atoms with Crippen LogP contribution in [0.3, 0.4) is 0 Å². The minimum atomic E-state index is -0.333. The Labute approximate surface area is 134 Å². The van der Waals surface area contributed by atoms with Crippen LogP contribution in [0.15, 0.2) is 66.7 Å². The van der Waals surface area contributed by atoms with Gasteiger partial charge in [-0.3, -0.25) is 0 Å². The second kappa shape index (κ2) is 6.48. The normalized spacial score (nSPS) is 11.9. The van der Waals surface area contributed by atoms with Crippen molar-refractivity contribution in [2.75, 3.05) is 5.32 Å². The molecule has 0 heterocycles. The van der Waals surface area contributed by atoms with Crippen molar-refractivity contribution in [3.05, 3.63) is 78.1 Å². The second-order valence-corrected chi connectivity index (χ2v) is 5.40. The summed E-state index contributed by atoms with van der Waals surface area (Å²) in [4.78, 5) is 12.1. The van der Waals surface area contributed by atoms with Gasteiger partial charge in [0.2, 0.25) is 0 Å². The van der Waals surface area contributed by atoms with E-state index in [4.69, 9.17) is 0 Å². The maximum atomic E-state index is 12.9. The standard InChI is InChI=1S/C19H17FN2O/c1-13(17-8-4-6-14-5-2-3-7-18(14)17)21-19(23)22-16-11-9-15(20)10-12-16/h2-13H,1H3,(H2,21,22,23)/t13-/m0/s1. The monoisotopic (exact) mass is 308 g/mol. The predicted octanol–water partition coefficient (Wildman–Crippen LogP) is 4.86. The van der Waals surface area contributed by atoms with Crippen LogP contribution >= 0.6 is 0 Å². The SMILES string of the molecule is C[C@H](NC(=O)Nc1ccc(F)cc1)c1cccc2ccccc12. The van der Waals surface area contributed by atoms with E-state index < -0.39 is 0 Å². The zero-order chi connectivity index (χ0) is 16.2. The maximum absolute atomic E-state index is 12.9. The zero-order valence-corrected chi connectivity index (χ0v) is 12.7. The molecule has 4 heteroatoms. The molecule has 0 saturated heterocycles. The van der Waals surface area contributed by atoms with E-state index in [1.54, 1.807) is 0 Å². The lowest BCUT2D eigenvalue weighted by atomic mass is 10.00. The Morgan fingerprint density at radius 1 is 0.957 bits per heavy atom. The van der Waals surface area contributed by atoms with Gasteiger partial charge in [0.05, 0.1) is 6.04 Å². The Morgan fingerprint density at radius 3 is 2.43 bits per heavy atom. The predicted molar refractivity (Wildman–Crippen MR) is 90.9 cm³/mol. The molecule has 2 amide bonds. The summed E-state index contributed by atoms with van der Waals surface area (Å²) < 4.78 is 12.9. The van der Waals surface area contributed by atoms with E-state index >= 15 is 0 Å². The molecule has 116 valence electrons. The minimum Gasteiger partial charge on any atom is -0.331 e. The number of rotatable bonds is 3. The molecule has 0 saturated carbocycles. The third kappa shape index (κ3) is 3.48. The van der Waals surface area contributed by atoms with Gasteiger partial charge in [-0.1, -0.05) is 42.5 Å². The van der Waals surface area contributed by atoms with Crippen molar-refractivity contribution in [2.24, 2.45) is 0 Å². The molecule has 0 bridgehead atoms. The molecule has 1 atom stereocenters. The van der Waals surface area contributed by atoms with Gasteiger partial charge >= 0.3 is 6.03 Å². The summed E-state index contributed by atoms with van der Waals surface area (Å²) in [7, 11) is 0. The smallest absolute Gasteiger partial charge is 0.319 e. The summed E-state index contributed by atoms with van der Waals surface area (Å²) in [6.07, 6.45) is 0. The number of hydrogen-bond acceptors (Lipinski definition) is 1. The van der Waals surface area contributed by atoms with Gasteiger partial charge in [0.25, 0.3) is 0 Å². The van der Waals surface area contributed by atoms with Crippen molar-refractivity contribution in [1.29, 1.82) is 0 Å². The first kappa shape index (κ1) is 15.0. The number of carbonyl (C=O) groups excluding carboxylic acids is 1. The number of hydrogen-bond donors (Lipinski definition) is 2. The van der Waals surface area contributed by atoms with Crippen molar-refractivity contribution in [2.45, 2.75) is 13.0 Å². The summed E-state index contributed by atoms with van der Waals surface area (Å²) in [6.45, 7) is 1.94. The van der Waals surface area contributed by atoms with Crippen molar-refractivity contribution in [1.82, 2.24) is 5.32 Å². The van der Waals surface area contributed by atoms with E-state index in [0.717, 1.165) is 16.3 Å². The summed E-state index contributed by atoms with van der Waals surface area (Å²) in [5.41, 5.74) is 1.60. The third-order valence-corrected chi connectivity index (χ3v) is 3.74. The first-order valence-corrected chi connectivity index (χ1v) is 7.44. The Bertz CT molecular complexity index is 825. The molecular formula is C19H17FN2O. The van der Waals surface area contributed by atoms with Gasteiger partial charge in [-0.05, 0) is 47.5 Å². The topological polar surface area (TPSA) is 41.1 Å². The van der Waals surface area contributed by atoms with E-state index in [2.05, 4.69) is 10.6 Å². The molecule has 0 fully saturated rings. The molecule has 23 heavy (non-hydrogen) atoms. The van der Waals surface area contributed by atoms with Crippen LogP contribution in [0.25, 0.3) is 10.8 Å². The van der Waals surface area contributed by atoms with E-state index in [-0.39, 0.29) is 17.9 Å². The number of benzene rings is 3.